The van der Waals surface area contributed by atoms with Gasteiger partial charge in [-0.3, -0.25) is 0 Å². The fraction of sp³-hybridized carbons (Fsp3) is 0.222. The topological polar surface area (TPSA) is 57.7 Å². The second-order valence-electron chi connectivity index (χ2n) is 5.12. The van der Waals surface area contributed by atoms with E-state index < -0.39 is 12.6 Å². The van der Waals surface area contributed by atoms with Crippen LogP contribution in [0.1, 0.15) is 22.3 Å². The van der Waals surface area contributed by atoms with Crippen LogP contribution in [-0.2, 0) is 11.3 Å². The number of hydrogen-bond acceptors (Lipinski definition) is 6. The van der Waals surface area contributed by atoms with Gasteiger partial charge < -0.3 is 14.2 Å². The first-order valence-corrected chi connectivity index (χ1v) is 8.61. The van der Waals surface area contributed by atoms with Gasteiger partial charge in [0.2, 0.25) is 0 Å². The number of esters is 1. The number of fused-ring (bicyclic) bond motifs is 1. The first-order valence-electron chi connectivity index (χ1n) is 7.80. The molecule has 1 aromatic heterocycles. The lowest BCUT2D eigenvalue weighted by atomic mass is 10.2. The molecule has 0 atom stereocenters. The summed E-state index contributed by atoms with van der Waals surface area (Å²) >= 11 is 1.44. The lowest BCUT2D eigenvalue weighted by molar-refractivity contribution is -0.0514. The summed E-state index contributed by atoms with van der Waals surface area (Å²) in [5.74, 6) is -0.680. The van der Waals surface area contributed by atoms with Gasteiger partial charge in [0.1, 0.15) is 11.6 Å². The standard InChI is InChI=1S/C18H15F2NO4S/c1-2-23-14-9-11(7-8-13(14)25-18(19)20)17(22)24-10-16-21-12-5-3-4-6-15(12)26-16/h3-9,18H,2,10H2,1H3. The fourth-order valence-corrected chi connectivity index (χ4v) is 3.17. The van der Waals surface area contributed by atoms with Gasteiger partial charge in [-0.15, -0.1) is 11.3 Å². The Bertz CT molecular complexity index is 880. The number of halogens is 2. The highest BCUT2D eigenvalue weighted by Crippen LogP contribution is 2.30. The Morgan fingerprint density at radius 1 is 1.19 bits per heavy atom. The van der Waals surface area contributed by atoms with Crippen molar-refractivity contribution in [2.45, 2.75) is 20.1 Å². The van der Waals surface area contributed by atoms with Crippen molar-refractivity contribution in [2.75, 3.05) is 6.61 Å². The highest BCUT2D eigenvalue weighted by Gasteiger charge is 2.16. The molecule has 0 bridgehead atoms. The zero-order valence-electron chi connectivity index (χ0n) is 13.8. The predicted octanol–water partition coefficient (Wildman–Crippen LogP) is 4.65. The van der Waals surface area contributed by atoms with E-state index in [1.165, 1.54) is 29.5 Å². The molecule has 0 saturated carbocycles. The van der Waals surface area contributed by atoms with Crippen LogP contribution in [0.15, 0.2) is 42.5 Å². The normalized spacial score (nSPS) is 10.9. The Labute approximate surface area is 152 Å². The molecule has 0 fully saturated rings. The van der Waals surface area contributed by atoms with E-state index in [2.05, 4.69) is 9.72 Å². The zero-order valence-corrected chi connectivity index (χ0v) is 14.6. The Hall–Kier alpha value is -2.74. The van der Waals surface area contributed by atoms with Gasteiger partial charge in [0.25, 0.3) is 0 Å². The van der Waals surface area contributed by atoms with E-state index in [-0.39, 0.29) is 30.3 Å². The maximum Gasteiger partial charge on any atom is 0.387 e. The first kappa shape index (κ1) is 18.1. The molecule has 3 rings (SSSR count). The van der Waals surface area contributed by atoms with Crippen LogP contribution >= 0.6 is 11.3 Å². The van der Waals surface area contributed by atoms with Crippen LogP contribution in [0.3, 0.4) is 0 Å². The largest absolute Gasteiger partial charge is 0.490 e. The molecule has 0 saturated heterocycles. The molecule has 8 heteroatoms. The van der Waals surface area contributed by atoms with Crippen LogP contribution in [0, 0.1) is 0 Å². The third kappa shape index (κ3) is 4.26. The van der Waals surface area contributed by atoms with E-state index in [0.717, 1.165) is 10.2 Å². The van der Waals surface area contributed by atoms with E-state index >= 15 is 0 Å². The number of para-hydroxylation sites is 1. The summed E-state index contributed by atoms with van der Waals surface area (Å²) < 4.78 is 40.7. The summed E-state index contributed by atoms with van der Waals surface area (Å²) in [6.45, 7) is -1.02. The van der Waals surface area contributed by atoms with E-state index in [4.69, 9.17) is 9.47 Å². The molecule has 0 aliphatic heterocycles. The number of benzene rings is 2. The predicted molar refractivity (Wildman–Crippen MR) is 93.0 cm³/mol. The molecule has 2 aromatic carbocycles. The Kier molecular flexibility index (Phi) is 5.62. The van der Waals surface area contributed by atoms with Crippen molar-refractivity contribution in [1.29, 1.82) is 0 Å². The van der Waals surface area contributed by atoms with Gasteiger partial charge in [-0.05, 0) is 37.3 Å². The summed E-state index contributed by atoms with van der Waals surface area (Å²) in [4.78, 5) is 16.6. The van der Waals surface area contributed by atoms with E-state index in [1.54, 1.807) is 6.92 Å². The summed E-state index contributed by atoms with van der Waals surface area (Å²) in [7, 11) is 0. The van der Waals surface area contributed by atoms with E-state index in [9.17, 15) is 13.6 Å². The third-order valence-corrected chi connectivity index (χ3v) is 4.37. The molecule has 26 heavy (non-hydrogen) atoms. The third-order valence-electron chi connectivity index (χ3n) is 3.36. The quantitative estimate of drug-likeness (QED) is 0.559. The molecule has 0 spiro atoms. The summed E-state index contributed by atoms with van der Waals surface area (Å²) in [5, 5.41) is 0.669. The van der Waals surface area contributed by atoms with Crippen molar-refractivity contribution in [3.05, 3.63) is 53.0 Å². The Morgan fingerprint density at radius 3 is 2.73 bits per heavy atom. The van der Waals surface area contributed by atoms with Crippen LogP contribution < -0.4 is 9.47 Å². The number of rotatable bonds is 7. The number of carbonyl (C=O) groups is 1. The smallest absolute Gasteiger partial charge is 0.387 e. The van der Waals surface area contributed by atoms with Crippen molar-refractivity contribution < 1.29 is 27.8 Å². The number of nitrogens with zero attached hydrogens (tertiary/aromatic N) is 1. The minimum absolute atomic E-state index is 0.0252. The average molecular weight is 379 g/mol. The minimum atomic E-state index is -2.98. The molecule has 0 N–H and O–H groups in total. The van der Waals surface area contributed by atoms with Crippen LogP contribution in [-0.4, -0.2) is 24.2 Å². The van der Waals surface area contributed by atoms with Crippen LogP contribution in [0.2, 0.25) is 0 Å². The number of thiazole rings is 1. The second-order valence-corrected chi connectivity index (χ2v) is 6.24. The molecule has 1 heterocycles. The molecule has 5 nitrogen and oxygen atoms in total. The number of alkyl halides is 2. The lowest BCUT2D eigenvalue weighted by Crippen LogP contribution is -2.08. The highest BCUT2D eigenvalue weighted by molar-refractivity contribution is 7.18. The maximum atomic E-state index is 12.4. The fourth-order valence-electron chi connectivity index (χ4n) is 2.29. The van der Waals surface area contributed by atoms with Gasteiger partial charge in [-0.1, -0.05) is 12.1 Å². The molecular weight excluding hydrogens is 364 g/mol. The van der Waals surface area contributed by atoms with Gasteiger partial charge in [0.05, 0.1) is 22.4 Å². The SMILES string of the molecule is CCOc1cc(C(=O)OCc2nc3ccccc3s2)ccc1OC(F)F. The van der Waals surface area contributed by atoms with Crippen molar-refractivity contribution in [3.63, 3.8) is 0 Å². The molecule has 0 aliphatic carbocycles. The molecule has 0 unspecified atom stereocenters. The lowest BCUT2D eigenvalue weighted by Gasteiger charge is -2.12. The Morgan fingerprint density at radius 2 is 2.00 bits per heavy atom. The second kappa shape index (κ2) is 8.09. The van der Waals surface area contributed by atoms with E-state index in [0.29, 0.717) is 5.01 Å². The molecule has 0 radical (unpaired) electrons. The summed E-state index contributed by atoms with van der Waals surface area (Å²) in [6, 6.07) is 11.5. The highest BCUT2D eigenvalue weighted by atomic mass is 32.1. The zero-order chi connectivity index (χ0) is 18.5. The average Bonchev–Trinajstić information content (AvgIpc) is 3.04. The van der Waals surface area contributed by atoms with Gasteiger partial charge in [-0.25, -0.2) is 9.78 Å². The van der Waals surface area contributed by atoms with Gasteiger partial charge in [0, 0.05) is 0 Å². The molecule has 0 amide bonds. The first-order chi connectivity index (χ1) is 12.6. The monoisotopic (exact) mass is 379 g/mol. The van der Waals surface area contributed by atoms with Crippen molar-refractivity contribution >= 4 is 27.5 Å². The number of carbonyl (C=O) groups excluding carboxylic acids is 1. The minimum Gasteiger partial charge on any atom is -0.490 e. The van der Waals surface area contributed by atoms with Crippen LogP contribution in [0.5, 0.6) is 11.5 Å². The van der Waals surface area contributed by atoms with Crippen LogP contribution in [0.25, 0.3) is 10.2 Å². The van der Waals surface area contributed by atoms with Crippen molar-refractivity contribution in [1.82, 2.24) is 4.98 Å². The summed E-state index contributed by atoms with van der Waals surface area (Å²) in [5.41, 5.74) is 1.02. The molecule has 136 valence electrons. The van der Waals surface area contributed by atoms with Crippen LogP contribution in [0.4, 0.5) is 8.78 Å². The number of hydrogen-bond donors (Lipinski definition) is 0. The van der Waals surface area contributed by atoms with Gasteiger partial charge in [0.15, 0.2) is 11.5 Å². The molecule has 0 aliphatic rings. The van der Waals surface area contributed by atoms with Gasteiger partial charge in [-0.2, -0.15) is 8.78 Å². The van der Waals surface area contributed by atoms with E-state index in [1.807, 2.05) is 24.3 Å². The maximum absolute atomic E-state index is 12.4. The molecular formula is C18H15F2NO4S. The Balaban J connectivity index is 1.71. The number of ether oxygens (including phenoxy) is 3. The number of aromatic nitrogens is 1. The van der Waals surface area contributed by atoms with Gasteiger partial charge >= 0.3 is 12.6 Å². The van der Waals surface area contributed by atoms with Crippen molar-refractivity contribution in [2.24, 2.45) is 0 Å². The summed E-state index contributed by atoms with van der Waals surface area (Å²) in [6.07, 6.45) is 0. The van der Waals surface area contributed by atoms with Crippen molar-refractivity contribution in [3.8, 4) is 11.5 Å². The molecule has 3 aromatic rings.